The normalized spacial score (nSPS) is 10.9. The third-order valence-electron chi connectivity index (χ3n) is 3.67. The van der Waals surface area contributed by atoms with E-state index in [0.717, 1.165) is 11.1 Å². The summed E-state index contributed by atoms with van der Waals surface area (Å²) in [6.07, 6.45) is 4.95. The van der Waals surface area contributed by atoms with Crippen molar-refractivity contribution in [2.45, 2.75) is 23.9 Å². The van der Waals surface area contributed by atoms with Crippen molar-refractivity contribution in [3.05, 3.63) is 77.7 Å². The average Bonchev–Trinajstić information content (AvgIpc) is 3.14. The van der Waals surface area contributed by atoms with Crippen LogP contribution >= 0.6 is 11.8 Å². The van der Waals surface area contributed by atoms with Crippen molar-refractivity contribution < 1.29 is 13.6 Å². The lowest BCUT2D eigenvalue weighted by Crippen LogP contribution is -2.24. The van der Waals surface area contributed by atoms with E-state index in [4.69, 9.17) is 0 Å². The van der Waals surface area contributed by atoms with Gasteiger partial charge in [0.15, 0.2) is 0 Å². The van der Waals surface area contributed by atoms with Gasteiger partial charge >= 0.3 is 0 Å². The molecule has 8 heteroatoms. The molecule has 0 spiro atoms. The van der Waals surface area contributed by atoms with Crippen LogP contribution < -0.4 is 5.32 Å². The molecule has 0 aliphatic heterocycles. The summed E-state index contributed by atoms with van der Waals surface area (Å²) in [4.78, 5) is 16.3. The fraction of sp³-hybridized carbons (Fsp3) is 0.167. The zero-order chi connectivity index (χ0) is 18.4. The lowest BCUT2D eigenvalue weighted by atomic mass is 10.1. The Bertz CT molecular complexity index is 871. The van der Waals surface area contributed by atoms with Crippen LogP contribution in [0.25, 0.3) is 0 Å². The van der Waals surface area contributed by atoms with Gasteiger partial charge < -0.3 is 5.32 Å². The first-order valence-corrected chi connectivity index (χ1v) is 8.73. The number of thioether (sulfide) groups is 1. The number of alkyl halides is 2. The van der Waals surface area contributed by atoms with Crippen LogP contribution in [0.2, 0.25) is 0 Å². The number of rotatable bonds is 7. The lowest BCUT2D eigenvalue weighted by molar-refractivity contribution is 0.0947. The second kappa shape index (κ2) is 8.57. The predicted octanol–water partition coefficient (Wildman–Crippen LogP) is 3.57. The minimum absolute atomic E-state index is 0.0184. The summed E-state index contributed by atoms with van der Waals surface area (Å²) in [5.74, 6) is -3.07. The fourth-order valence-electron chi connectivity index (χ4n) is 2.47. The number of halogens is 2. The second-order valence-electron chi connectivity index (χ2n) is 5.39. The van der Waals surface area contributed by atoms with E-state index < -0.39 is 11.7 Å². The molecule has 0 saturated carbocycles. The van der Waals surface area contributed by atoms with Gasteiger partial charge in [-0.05, 0) is 41.1 Å². The summed E-state index contributed by atoms with van der Waals surface area (Å²) in [5.41, 5.74) is 2.09. The number of aromatic nitrogens is 3. The third kappa shape index (κ3) is 4.66. The standard InChI is InChI=1S/C18H16F2N4OS/c19-18(20)26-17-15(7-3-8-21-17)16(25)22-11-13-5-1-2-6-14(13)12-24-10-4-9-23-24/h1-10,18H,11-12H2,(H,22,25). The van der Waals surface area contributed by atoms with Crippen molar-refractivity contribution in [2.75, 3.05) is 0 Å². The summed E-state index contributed by atoms with van der Waals surface area (Å²) in [5, 5.41) is 6.98. The van der Waals surface area contributed by atoms with Gasteiger partial charge in [0.1, 0.15) is 5.03 Å². The van der Waals surface area contributed by atoms with Crippen molar-refractivity contribution in [1.82, 2.24) is 20.1 Å². The van der Waals surface area contributed by atoms with Crippen LogP contribution in [-0.4, -0.2) is 26.4 Å². The number of amides is 1. The van der Waals surface area contributed by atoms with Gasteiger partial charge in [-0.15, -0.1) is 0 Å². The van der Waals surface area contributed by atoms with Gasteiger partial charge in [-0.25, -0.2) is 4.98 Å². The highest BCUT2D eigenvalue weighted by molar-refractivity contribution is 7.99. The Kier molecular flexibility index (Phi) is 5.96. The summed E-state index contributed by atoms with van der Waals surface area (Å²) in [7, 11) is 0. The highest BCUT2D eigenvalue weighted by atomic mass is 32.2. The number of hydrogen-bond donors (Lipinski definition) is 1. The van der Waals surface area contributed by atoms with Crippen LogP contribution in [0.1, 0.15) is 21.5 Å². The first-order chi connectivity index (χ1) is 12.6. The van der Waals surface area contributed by atoms with Gasteiger partial charge in [-0.3, -0.25) is 9.48 Å². The molecule has 5 nitrogen and oxygen atoms in total. The molecule has 0 bridgehead atoms. The number of carbonyl (C=O) groups excluding carboxylic acids is 1. The molecule has 3 aromatic rings. The summed E-state index contributed by atoms with van der Waals surface area (Å²) in [6, 6.07) is 12.6. The van der Waals surface area contributed by atoms with Gasteiger partial charge in [0, 0.05) is 25.1 Å². The van der Waals surface area contributed by atoms with E-state index in [2.05, 4.69) is 15.4 Å². The molecule has 1 N–H and O–H groups in total. The number of nitrogens with one attached hydrogen (secondary N) is 1. The van der Waals surface area contributed by atoms with Crippen LogP contribution in [0.15, 0.2) is 66.1 Å². The van der Waals surface area contributed by atoms with E-state index in [1.165, 1.54) is 12.3 Å². The van der Waals surface area contributed by atoms with Crippen LogP contribution in [0.5, 0.6) is 0 Å². The molecule has 0 saturated heterocycles. The van der Waals surface area contributed by atoms with Crippen molar-refractivity contribution in [3.63, 3.8) is 0 Å². The second-order valence-corrected chi connectivity index (χ2v) is 6.37. The quantitative estimate of drug-likeness (QED) is 0.643. The van der Waals surface area contributed by atoms with E-state index in [1.54, 1.807) is 16.9 Å². The minimum Gasteiger partial charge on any atom is -0.348 e. The first-order valence-electron chi connectivity index (χ1n) is 7.85. The Balaban J connectivity index is 1.71. The van der Waals surface area contributed by atoms with Crippen molar-refractivity contribution in [3.8, 4) is 0 Å². The number of pyridine rings is 1. The first kappa shape index (κ1) is 18.1. The number of carbonyl (C=O) groups is 1. The Morgan fingerprint density at radius 2 is 1.92 bits per heavy atom. The smallest absolute Gasteiger partial charge is 0.290 e. The number of hydrogen-bond acceptors (Lipinski definition) is 4. The molecule has 2 aromatic heterocycles. The maximum atomic E-state index is 12.6. The van der Waals surface area contributed by atoms with Crippen LogP contribution in [0.3, 0.4) is 0 Å². The molecule has 3 rings (SSSR count). The number of nitrogens with zero attached hydrogens (tertiary/aromatic N) is 3. The molecular formula is C18H16F2N4OS. The molecule has 1 amide bonds. The molecule has 26 heavy (non-hydrogen) atoms. The molecule has 0 unspecified atom stereocenters. The fourth-order valence-corrected chi connectivity index (χ4v) is 3.04. The summed E-state index contributed by atoms with van der Waals surface area (Å²) >= 11 is 0.264. The minimum atomic E-state index is -2.63. The van der Waals surface area contributed by atoms with E-state index in [0.29, 0.717) is 6.54 Å². The van der Waals surface area contributed by atoms with E-state index in [1.807, 2.05) is 36.5 Å². The van der Waals surface area contributed by atoms with Crippen molar-refractivity contribution >= 4 is 17.7 Å². The molecule has 0 aliphatic rings. The van der Waals surface area contributed by atoms with Crippen molar-refractivity contribution in [2.24, 2.45) is 0 Å². The van der Waals surface area contributed by atoms with Gasteiger partial charge in [0.05, 0.1) is 12.1 Å². The highest BCUT2D eigenvalue weighted by Gasteiger charge is 2.16. The zero-order valence-corrected chi connectivity index (χ0v) is 14.5. The monoisotopic (exact) mass is 374 g/mol. The zero-order valence-electron chi connectivity index (χ0n) is 13.7. The Morgan fingerprint density at radius 3 is 2.65 bits per heavy atom. The molecular weight excluding hydrogens is 358 g/mol. The lowest BCUT2D eigenvalue weighted by Gasteiger charge is -2.12. The van der Waals surface area contributed by atoms with E-state index in [-0.39, 0.29) is 28.9 Å². The third-order valence-corrected chi connectivity index (χ3v) is 4.39. The maximum absolute atomic E-state index is 12.6. The molecule has 134 valence electrons. The van der Waals surface area contributed by atoms with E-state index >= 15 is 0 Å². The Hall–Kier alpha value is -2.74. The molecule has 0 fully saturated rings. The van der Waals surface area contributed by atoms with Gasteiger partial charge in [-0.1, -0.05) is 24.3 Å². The molecule has 0 aliphatic carbocycles. The van der Waals surface area contributed by atoms with Crippen molar-refractivity contribution in [1.29, 1.82) is 0 Å². The SMILES string of the molecule is O=C(NCc1ccccc1Cn1cccn1)c1cccnc1SC(F)F. The Morgan fingerprint density at radius 1 is 1.12 bits per heavy atom. The average molecular weight is 374 g/mol. The molecule has 2 heterocycles. The summed E-state index contributed by atoms with van der Waals surface area (Å²) in [6.45, 7) is 0.863. The van der Waals surface area contributed by atoms with Crippen LogP contribution in [-0.2, 0) is 13.1 Å². The maximum Gasteiger partial charge on any atom is 0.290 e. The summed E-state index contributed by atoms with van der Waals surface area (Å²) < 4.78 is 27.1. The predicted molar refractivity (Wildman–Crippen MR) is 95.0 cm³/mol. The molecule has 0 atom stereocenters. The molecule has 1 aromatic carbocycles. The van der Waals surface area contributed by atoms with Gasteiger partial charge in [0.2, 0.25) is 0 Å². The number of benzene rings is 1. The van der Waals surface area contributed by atoms with Gasteiger partial charge in [-0.2, -0.15) is 13.9 Å². The van der Waals surface area contributed by atoms with Crippen LogP contribution in [0, 0.1) is 0 Å². The van der Waals surface area contributed by atoms with Crippen LogP contribution in [0.4, 0.5) is 8.78 Å². The topological polar surface area (TPSA) is 59.8 Å². The van der Waals surface area contributed by atoms with E-state index in [9.17, 15) is 13.6 Å². The highest BCUT2D eigenvalue weighted by Crippen LogP contribution is 2.26. The molecule has 0 radical (unpaired) electrons. The largest absolute Gasteiger partial charge is 0.348 e. The Labute approximate surface area is 153 Å². The van der Waals surface area contributed by atoms with Gasteiger partial charge in [0.25, 0.3) is 11.7 Å².